The quantitative estimate of drug-likeness (QED) is 0.370. The summed E-state index contributed by atoms with van der Waals surface area (Å²) in [5.41, 5.74) is 0. The fraction of sp³-hybridized carbons (Fsp3) is 0.429. The molecule has 0 aliphatic heterocycles. The van der Waals surface area contributed by atoms with E-state index in [0.29, 0.717) is 0 Å². The summed E-state index contributed by atoms with van der Waals surface area (Å²) in [7, 11) is 5.00. The van der Waals surface area contributed by atoms with Crippen molar-refractivity contribution in [1.29, 1.82) is 0 Å². The zero-order valence-electron chi connectivity index (χ0n) is 16.0. The molecule has 0 aliphatic carbocycles. The smallest absolute Gasteiger partial charge is 0.366 e. The van der Waals surface area contributed by atoms with Gasteiger partial charge in [0.1, 0.15) is 11.5 Å². The maximum Gasteiger partial charge on any atom is 0.366 e. The largest absolute Gasteiger partial charge is 0.496 e. The van der Waals surface area contributed by atoms with Gasteiger partial charge in [-0.3, -0.25) is 0 Å². The molecule has 0 radical (unpaired) electrons. The monoisotopic (exact) mass is 471 g/mol. The molecule has 0 aromatic heterocycles. The lowest BCUT2D eigenvalue weighted by atomic mass is 10.2. The maximum atomic E-state index is 5.82. The number of unbranched alkanes of at least 4 members (excludes halogenated alkanes) is 3. The van der Waals surface area contributed by atoms with Crippen LogP contribution >= 0.6 is 0 Å². The van der Waals surface area contributed by atoms with Crippen LogP contribution in [0.1, 0.15) is 32.6 Å². The minimum absolute atomic E-state index is 0.441. The zero-order chi connectivity index (χ0) is 18.8. The summed E-state index contributed by atoms with van der Waals surface area (Å²) in [5.74, 6) is 3.29. The lowest BCUT2D eigenvalue weighted by Crippen LogP contribution is -3.61. The predicted molar refractivity (Wildman–Crippen MR) is 99.6 cm³/mol. The minimum Gasteiger partial charge on any atom is -0.496 e. The second-order valence-electron chi connectivity index (χ2n) is 5.80. The molecule has 0 saturated heterocycles. The van der Waals surface area contributed by atoms with E-state index in [4.69, 9.17) is 18.9 Å². The van der Waals surface area contributed by atoms with E-state index in [1.165, 1.54) is 22.8 Å². The molecule has 0 N–H and O–H groups in total. The first-order chi connectivity index (χ1) is 12.7. The Morgan fingerprint density at radius 3 is 1.96 bits per heavy atom. The molecule has 4 nitrogen and oxygen atoms in total. The normalized spacial score (nSPS) is 10.5. The second kappa shape index (κ2) is 11.2. The molecule has 0 fully saturated rings. The molecule has 0 spiro atoms. The molecule has 0 atom stereocenters. The average molecular weight is 471 g/mol. The van der Waals surface area contributed by atoms with Crippen LogP contribution in [0, 0.1) is 7.14 Å². The molecule has 0 aliphatic rings. The van der Waals surface area contributed by atoms with Gasteiger partial charge in [-0.05, 0) is 30.7 Å². The molecule has 5 heteroatoms. The molecule has 0 saturated carbocycles. The van der Waals surface area contributed by atoms with Gasteiger partial charge in [0.05, 0.1) is 27.9 Å². The van der Waals surface area contributed by atoms with Crippen molar-refractivity contribution in [2.45, 2.75) is 32.6 Å². The number of benzene rings is 2. The van der Waals surface area contributed by atoms with Crippen molar-refractivity contribution in [1.82, 2.24) is 0 Å². The number of ether oxygens (including phenoxy) is 4. The fourth-order valence-electron chi connectivity index (χ4n) is 2.48. The average Bonchev–Trinajstić information content (AvgIpc) is 2.69. The Labute approximate surface area is 167 Å². The summed E-state index contributed by atoms with van der Waals surface area (Å²) in [6, 6.07) is 12.2. The predicted octanol–water partition coefficient (Wildman–Crippen LogP) is 1.80. The van der Waals surface area contributed by atoms with Crippen LogP contribution in [0.15, 0.2) is 36.4 Å². The van der Waals surface area contributed by atoms with E-state index >= 15 is 0 Å². The van der Waals surface area contributed by atoms with Gasteiger partial charge in [-0.25, -0.2) is 0 Å². The van der Waals surface area contributed by atoms with Gasteiger partial charge in [0.25, 0.3) is 3.57 Å². The van der Waals surface area contributed by atoms with Crippen LogP contribution in [0.3, 0.4) is 0 Å². The number of rotatable bonds is 11. The number of halogens is 1. The van der Waals surface area contributed by atoms with Crippen molar-refractivity contribution >= 4 is 0 Å². The molecule has 2 rings (SSSR count). The van der Waals surface area contributed by atoms with Crippen LogP contribution in [0.25, 0.3) is 0 Å². The topological polar surface area (TPSA) is 36.9 Å². The Kier molecular flexibility index (Phi) is 8.88. The Balaban J connectivity index is 2.04. The highest BCUT2D eigenvalue weighted by Crippen LogP contribution is 2.27. The number of methoxy groups -OCH3 is 3. The third-order valence-electron chi connectivity index (χ3n) is 3.94. The SMILES string of the molecule is CCCCCCOc1ccc([I+]c2c(OC)cc(OC)cc2OC)cc1. The van der Waals surface area contributed by atoms with Crippen LogP contribution in [-0.2, 0) is 0 Å². The summed E-state index contributed by atoms with van der Waals surface area (Å²) in [4.78, 5) is 0. The lowest BCUT2D eigenvalue weighted by molar-refractivity contribution is -0.598. The van der Waals surface area contributed by atoms with Crippen LogP contribution in [0.4, 0.5) is 0 Å². The van der Waals surface area contributed by atoms with Gasteiger partial charge in [-0.1, -0.05) is 26.2 Å². The van der Waals surface area contributed by atoms with E-state index in [0.717, 1.165) is 39.6 Å². The highest BCUT2D eigenvalue weighted by atomic mass is 127. The van der Waals surface area contributed by atoms with E-state index in [1.54, 1.807) is 21.3 Å². The summed E-state index contributed by atoms with van der Waals surface area (Å²) in [5, 5.41) is 0. The third kappa shape index (κ3) is 5.97. The van der Waals surface area contributed by atoms with E-state index in [9.17, 15) is 0 Å². The van der Waals surface area contributed by atoms with E-state index in [2.05, 4.69) is 31.2 Å². The van der Waals surface area contributed by atoms with Gasteiger partial charge in [0, 0.05) is 12.1 Å². The van der Waals surface area contributed by atoms with Gasteiger partial charge < -0.3 is 18.9 Å². The summed E-state index contributed by atoms with van der Waals surface area (Å²) in [6.07, 6.45) is 4.87. The van der Waals surface area contributed by atoms with Crippen LogP contribution in [-0.4, -0.2) is 27.9 Å². The van der Waals surface area contributed by atoms with Crippen molar-refractivity contribution in [3.8, 4) is 23.0 Å². The Morgan fingerprint density at radius 2 is 1.42 bits per heavy atom. The molecule has 26 heavy (non-hydrogen) atoms. The summed E-state index contributed by atoms with van der Waals surface area (Å²) >= 11 is -0.441. The van der Waals surface area contributed by atoms with Crippen molar-refractivity contribution in [3.05, 3.63) is 43.5 Å². The molecule has 0 unspecified atom stereocenters. The first-order valence-electron chi connectivity index (χ1n) is 8.89. The highest BCUT2D eigenvalue weighted by molar-refractivity contribution is 5.41. The Bertz CT molecular complexity index is 645. The van der Waals surface area contributed by atoms with Crippen molar-refractivity contribution < 1.29 is 40.2 Å². The summed E-state index contributed by atoms with van der Waals surface area (Å²) in [6.45, 7) is 3.00. The first kappa shape index (κ1) is 20.7. The van der Waals surface area contributed by atoms with Crippen LogP contribution < -0.4 is 40.2 Å². The zero-order valence-corrected chi connectivity index (χ0v) is 18.2. The van der Waals surface area contributed by atoms with Crippen molar-refractivity contribution in [2.24, 2.45) is 0 Å². The van der Waals surface area contributed by atoms with E-state index in [-0.39, 0.29) is 0 Å². The number of hydrogen-bond acceptors (Lipinski definition) is 4. The standard InChI is InChI=1S/C21H28IO4/c1-5-6-7-8-13-26-17-11-9-16(10-12-17)22-21-19(24-3)14-18(23-2)15-20(21)25-4/h9-12,14-15H,5-8,13H2,1-4H3/q+1. The Hall–Kier alpha value is -1.63. The van der Waals surface area contributed by atoms with Crippen LogP contribution in [0.2, 0.25) is 0 Å². The molecule has 0 bridgehead atoms. The highest BCUT2D eigenvalue weighted by Gasteiger charge is 2.27. The van der Waals surface area contributed by atoms with E-state index < -0.39 is 21.2 Å². The Morgan fingerprint density at radius 1 is 0.769 bits per heavy atom. The molecule has 0 heterocycles. The fourth-order valence-corrected chi connectivity index (χ4v) is 5.10. The minimum atomic E-state index is -0.441. The molecule has 142 valence electrons. The third-order valence-corrected chi connectivity index (χ3v) is 6.88. The van der Waals surface area contributed by atoms with Gasteiger partial charge in [0.2, 0.25) is 0 Å². The van der Waals surface area contributed by atoms with Gasteiger partial charge in [-0.2, -0.15) is 0 Å². The summed E-state index contributed by atoms with van der Waals surface area (Å²) < 4.78 is 24.6. The molecular weight excluding hydrogens is 443 g/mol. The van der Waals surface area contributed by atoms with Gasteiger partial charge in [-0.15, -0.1) is 0 Å². The lowest BCUT2D eigenvalue weighted by Gasteiger charge is -2.08. The molecule has 2 aromatic carbocycles. The molecule has 0 amide bonds. The van der Waals surface area contributed by atoms with Crippen molar-refractivity contribution in [2.75, 3.05) is 27.9 Å². The second-order valence-corrected chi connectivity index (χ2v) is 8.67. The van der Waals surface area contributed by atoms with Crippen molar-refractivity contribution in [3.63, 3.8) is 0 Å². The van der Waals surface area contributed by atoms with Gasteiger partial charge in [0.15, 0.2) is 15.1 Å². The van der Waals surface area contributed by atoms with Crippen LogP contribution in [0.5, 0.6) is 23.0 Å². The van der Waals surface area contributed by atoms with Gasteiger partial charge >= 0.3 is 21.2 Å². The maximum absolute atomic E-state index is 5.82. The van der Waals surface area contributed by atoms with E-state index in [1.807, 2.05) is 12.1 Å². The number of hydrogen-bond donors (Lipinski definition) is 0. The molecular formula is C21H28IO4+. The molecule has 2 aromatic rings. The first-order valence-corrected chi connectivity index (χ1v) is 11.0.